The van der Waals surface area contributed by atoms with E-state index in [1.54, 1.807) is 0 Å². The average Bonchev–Trinajstić information content (AvgIpc) is 2.28. The lowest BCUT2D eigenvalue weighted by Crippen LogP contribution is -2.58. The first-order valence-electron chi connectivity index (χ1n) is 6.77. The number of rotatable bonds is 4. The lowest BCUT2D eigenvalue weighted by Gasteiger charge is -2.46. The summed E-state index contributed by atoms with van der Waals surface area (Å²) in [6, 6.07) is 0.305. The van der Waals surface area contributed by atoms with Crippen molar-refractivity contribution < 1.29 is 9.90 Å². The fourth-order valence-corrected chi connectivity index (χ4v) is 2.79. The summed E-state index contributed by atoms with van der Waals surface area (Å²) in [6.07, 6.45) is 3.64. The zero-order valence-corrected chi connectivity index (χ0v) is 11.9. The monoisotopic (exact) mass is 241 g/mol. The maximum absolute atomic E-state index is 11.7. The van der Waals surface area contributed by atoms with Crippen molar-refractivity contribution in [3.8, 4) is 0 Å². The predicted octanol–water partition coefficient (Wildman–Crippen LogP) is 3.00. The molecule has 1 fully saturated rings. The Morgan fingerprint density at radius 1 is 1.29 bits per heavy atom. The van der Waals surface area contributed by atoms with Crippen molar-refractivity contribution in [2.24, 2.45) is 11.8 Å². The van der Waals surface area contributed by atoms with Gasteiger partial charge in [0.15, 0.2) is 0 Å². The van der Waals surface area contributed by atoms with Gasteiger partial charge in [0, 0.05) is 6.04 Å². The molecule has 0 amide bonds. The van der Waals surface area contributed by atoms with E-state index in [9.17, 15) is 9.90 Å². The summed E-state index contributed by atoms with van der Waals surface area (Å²) in [5.41, 5.74) is -0.629. The second-order valence-corrected chi connectivity index (χ2v) is 6.11. The first kappa shape index (κ1) is 14.5. The zero-order chi connectivity index (χ0) is 13.2. The average molecular weight is 241 g/mol. The van der Waals surface area contributed by atoms with Crippen LogP contribution in [0.2, 0.25) is 0 Å². The fourth-order valence-electron chi connectivity index (χ4n) is 2.79. The van der Waals surface area contributed by atoms with Gasteiger partial charge in [-0.3, -0.25) is 9.69 Å². The summed E-state index contributed by atoms with van der Waals surface area (Å²) in [4.78, 5) is 13.8. The maximum atomic E-state index is 11.7. The first-order valence-corrected chi connectivity index (χ1v) is 6.77. The molecular formula is C14H27NO2. The summed E-state index contributed by atoms with van der Waals surface area (Å²) >= 11 is 0. The lowest BCUT2D eigenvalue weighted by atomic mass is 9.75. The number of likely N-dealkylation sites (N-methyl/N-ethyl adjacent to an activating group) is 1. The Morgan fingerprint density at radius 3 is 2.12 bits per heavy atom. The van der Waals surface area contributed by atoms with Crippen LogP contribution in [-0.2, 0) is 4.79 Å². The third-order valence-electron chi connectivity index (χ3n) is 4.75. The van der Waals surface area contributed by atoms with Gasteiger partial charge in [-0.15, -0.1) is 0 Å². The third kappa shape index (κ3) is 2.82. The molecule has 0 spiro atoms. The van der Waals surface area contributed by atoms with Gasteiger partial charge >= 0.3 is 5.97 Å². The number of aliphatic carboxylic acids is 1. The van der Waals surface area contributed by atoms with Crippen molar-refractivity contribution in [2.75, 3.05) is 7.05 Å². The Labute approximate surface area is 105 Å². The van der Waals surface area contributed by atoms with Crippen molar-refractivity contribution in [3.63, 3.8) is 0 Å². The number of carboxylic acids is 1. The molecule has 1 unspecified atom stereocenters. The molecule has 0 aromatic rings. The Bertz CT molecular complexity index is 267. The van der Waals surface area contributed by atoms with Crippen LogP contribution in [0.15, 0.2) is 0 Å². The van der Waals surface area contributed by atoms with Crippen LogP contribution in [0.5, 0.6) is 0 Å². The standard InChI is InChI=1S/C14H27NO2/c1-10(2)12(4)15(5)14(13(16)17)8-6-11(3)7-9-14/h10-12H,6-9H2,1-5H3,(H,16,17). The Hall–Kier alpha value is -0.570. The summed E-state index contributed by atoms with van der Waals surface area (Å²) in [7, 11) is 1.98. The van der Waals surface area contributed by atoms with Crippen molar-refractivity contribution >= 4 is 5.97 Å². The molecule has 1 N–H and O–H groups in total. The topological polar surface area (TPSA) is 40.5 Å². The van der Waals surface area contributed by atoms with Crippen molar-refractivity contribution in [2.45, 2.75) is 65.0 Å². The highest BCUT2D eigenvalue weighted by Crippen LogP contribution is 2.37. The van der Waals surface area contributed by atoms with Crippen LogP contribution in [0.25, 0.3) is 0 Å². The van der Waals surface area contributed by atoms with E-state index in [0.717, 1.165) is 25.7 Å². The van der Waals surface area contributed by atoms with Gasteiger partial charge in [-0.05, 0) is 51.5 Å². The molecule has 1 aliphatic carbocycles. The molecule has 1 atom stereocenters. The highest BCUT2D eigenvalue weighted by Gasteiger charge is 2.46. The van der Waals surface area contributed by atoms with Crippen molar-refractivity contribution in [1.82, 2.24) is 4.90 Å². The quantitative estimate of drug-likeness (QED) is 0.822. The van der Waals surface area contributed by atoms with E-state index in [-0.39, 0.29) is 0 Å². The smallest absolute Gasteiger partial charge is 0.324 e. The molecule has 1 saturated carbocycles. The van der Waals surface area contributed by atoms with Gasteiger partial charge in [-0.1, -0.05) is 20.8 Å². The molecule has 17 heavy (non-hydrogen) atoms. The molecule has 3 nitrogen and oxygen atoms in total. The predicted molar refractivity (Wildman–Crippen MR) is 70.1 cm³/mol. The molecule has 1 aliphatic rings. The van der Waals surface area contributed by atoms with Gasteiger partial charge in [-0.25, -0.2) is 0 Å². The maximum Gasteiger partial charge on any atom is 0.324 e. The van der Waals surface area contributed by atoms with Crippen molar-refractivity contribution in [1.29, 1.82) is 0 Å². The van der Waals surface area contributed by atoms with Gasteiger partial charge in [0.1, 0.15) is 5.54 Å². The van der Waals surface area contributed by atoms with E-state index in [2.05, 4.69) is 32.6 Å². The van der Waals surface area contributed by atoms with Crippen LogP contribution in [0.4, 0.5) is 0 Å². The highest BCUT2D eigenvalue weighted by molar-refractivity contribution is 5.79. The van der Waals surface area contributed by atoms with Crippen LogP contribution < -0.4 is 0 Å². The minimum absolute atomic E-state index is 0.305. The first-order chi connectivity index (χ1) is 7.81. The van der Waals surface area contributed by atoms with E-state index in [1.165, 1.54) is 0 Å². The zero-order valence-electron chi connectivity index (χ0n) is 11.9. The number of hydrogen-bond donors (Lipinski definition) is 1. The molecule has 0 heterocycles. The van der Waals surface area contributed by atoms with E-state index in [0.29, 0.717) is 17.9 Å². The van der Waals surface area contributed by atoms with Gasteiger partial charge < -0.3 is 5.11 Å². The van der Waals surface area contributed by atoms with Crippen LogP contribution in [0.3, 0.4) is 0 Å². The Morgan fingerprint density at radius 2 is 1.76 bits per heavy atom. The van der Waals surface area contributed by atoms with E-state index in [1.807, 2.05) is 7.05 Å². The molecule has 100 valence electrons. The molecule has 0 saturated heterocycles. The van der Waals surface area contributed by atoms with Gasteiger partial charge in [0.2, 0.25) is 0 Å². The second kappa shape index (κ2) is 5.38. The molecule has 0 aliphatic heterocycles. The second-order valence-electron chi connectivity index (χ2n) is 6.11. The molecule has 0 bridgehead atoms. The summed E-state index contributed by atoms with van der Waals surface area (Å²) in [5, 5.41) is 9.63. The summed E-state index contributed by atoms with van der Waals surface area (Å²) < 4.78 is 0. The van der Waals surface area contributed by atoms with Crippen LogP contribution in [0.1, 0.15) is 53.4 Å². The normalized spacial score (nSPS) is 31.8. The van der Waals surface area contributed by atoms with Crippen molar-refractivity contribution in [3.05, 3.63) is 0 Å². The minimum atomic E-state index is -0.639. The van der Waals surface area contributed by atoms with Crippen LogP contribution in [0, 0.1) is 11.8 Å². The molecule has 0 radical (unpaired) electrons. The van der Waals surface area contributed by atoms with E-state index in [4.69, 9.17) is 0 Å². The molecule has 0 aromatic carbocycles. The molecule has 3 heteroatoms. The third-order valence-corrected chi connectivity index (χ3v) is 4.75. The minimum Gasteiger partial charge on any atom is -0.480 e. The lowest BCUT2D eigenvalue weighted by molar-refractivity contribution is -0.156. The van der Waals surface area contributed by atoms with Gasteiger partial charge in [0.05, 0.1) is 0 Å². The summed E-state index contributed by atoms with van der Waals surface area (Å²) in [5.74, 6) is 0.514. The molecular weight excluding hydrogens is 214 g/mol. The van der Waals surface area contributed by atoms with E-state index >= 15 is 0 Å². The number of nitrogens with zero attached hydrogens (tertiary/aromatic N) is 1. The number of carboxylic acid groups (broad SMARTS) is 1. The molecule has 1 rings (SSSR count). The fraction of sp³-hybridized carbons (Fsp3) is 0.929. The van der Waals surface area contributed by atoms with Crippen LogP contribution in [-0.4, -0.2) is 34.6 Å². The Balaban J connectivity index is 2.89. The molecule has 0 aromatic heterocycles. The number of hydrogen-bond acceptors (Lipinski definition) is 2. The van der Waals surface area contributed by atoms with Crippen LogP contribution >= 0.6 is 0 Å². The highest BCUT2D eigenvalue weighted by atomic mass is 16.4. The van der Waals surface area contributed by atoms with Gasteiger partial charge in [-0.2, -0.15) is 0 Å². The Kier molecular flexibility index (Phi) is 4.59. The number of carbonyl (C=O) groups is 1. The summed E-state index contributed by atoms with van der Waals surface area (Å²) in [6.45, 7) is 8.66. The largest absolute Gasteiger partial charge is 0.480 e. The van der Waals surface area contributed by atoms with Gasteiger partial charge in [0.25, 0.3) is 0 Å². The SMILES string of the molecule is CC1CCC(C(=O)O)(N(C)C(C)C(C)C)CC1. The van der Waals surface area contributed by atoms with E-state index < -0.39 is 11.5 Å².